The molecular weight excluding hydrogens is 275 g/mol. The summed E-state index contributed by atoms with van der Waals surface area (Å²) in [4.78, 5) is 11.3. The summed E-state index contributed by atoms with van der Waals surface area (Å²) in [6.07, 6.45) is 2.50. The summed E-state index contributed by atoms with van der Waals surface area (Å²) >= 11 is 0. The highest BCUT2D eigenvalue weighted by atomic mass is 32.2. The van der Waals surface area contributed by atoms with E-state index >= 15 is 0 Å². The Labute approximate surface area is 108 Å². The number of nitrogens with two attached hydrogens (primary N) is 1. The minimum absolute atomic E-state index is 0.154. The van der Waals surface area contributed by atoms with Gasteiger partial charge in [0.25, 0.3) is 5.91 Å². The van der Waals surface area contributed by atoms with Gasteiger partial charge in [-0.05, 0) is 24.3 Å². The van der Waals surface area contributed by atoms with Gasteiger partial charge in [0.1, 0.15) is 12.1 Å². The molecular formula is C11H9FN2O4S. The van der Waals surface area contributed by atoms with Crippen LogP contribution in [0.25, 0.3) is 0 Å². The Morgan fingerprint density at radius 1 is 1.32 bits per heavy atom. The molecule has 1 aromatic heterocycles. The second-order valence-corrected chi connectivity index (χ2v) is 5.21. The van der Waals surface area contributed by atoms with E-state index in [0.29, 0.717) is 0 Å². The molecule has 0 aliphatic carbocycles. The van der Waals surface area contributed by atoms with Crippen LogP contribution < -0.4 is 10.5 Å². The Kier molecular flexibility index (Phi) is 3.36. The predicted molar refractivity (Wildman–Crippen MR) is 64.4 cm³/mol. The summed E-state index contributed by atoms with van der Waals surface area (Å²) in [5.74, 6) is -1.47. The van der Waals surface area contributed by atoms with Gasteiger partial charge in [0.2, 0.25) is 10.0 Å². The van der Waals surface area contributed by atoms with E-state index in [-0.39, 0.29) is 16.1 Å². The highest BCUT2D eigenvalue weighted by molar-refractivity contribution is 7.89. The topological polar surface area (TPSA) is 102 Å². The smallest absolute Gasteiger partial charge is 0.258 e. The third-order valence-corrected chi connectivity index (χ3v) is 3.21. The van der Waals surface area contributed by atoms with Gasteiger partial charge in [0.05, 0.1) is 22.4 Å². The van der Waals surface area contributed by atoms with Crippen molar-refractivity contribution in [2.45, 2.75) is 4.90 Å². The molecule has 0 spiro atoms. The van der Waals surface area contributed by atoms with E-state index in [1.165, 1.54) is 18.6 Å². The standard InChI is InChI=1S/C11H9FN2O4S/c12-9-5-8(19(13,16)17)1-2-10(9)14-11(15)7-3-4-18-6-7/h1-6H,(H,14,15)(H2,13,16,17). The van der Waals surface area contributed by atoms with Crippen molar-refractivity contribution in [1.29, 1.82) is 0 Å². The number of hydrogen-bond donors (Lipinski definition) is 2. The molecule has 6 nitrogen and oxygen atoms in total. The largest absolute Gasteiger partial charge is 0.472 e. The molecule has 1 heterocycles. The lowest BCUT2D eigenvalue weighted by atomic mass is 10.2. The number of benzene rings is 1. The average molecular weight is 284 g/mol. The Balaban J connectivity index is 2.25. The van der Waals surface area contributed by atoms with Gasteiger partial charge in [0.15, 0.2) is 0 Å². The molecule has 0 atom stereocenters. The van der Waals surface area contributed by atoms with Gasteiger partial charge in [-0.1, -0.05) is 0 Å². The number of nitrogens with one attached hydrogen (secondary N) is 1. The van der Waals surface area contributed by atoms with Crippen molar-refractivity contribution in [3.05, 3.63) is 48.2 Å². The average Bonchev–Trinajstić information content (AvgIpc) is 2.84. The molecule has 2 aromatic rings. The number of anilines is 1. The minimum atomic E-state index is -3.98. The van der Waals surface area contributed by atoms with E-state index in [2.05, 4.69) is 5.32 Å². The summed E-state index contributed by atoms with van der Waals surface area (Å²) < 4.78 is 40.4. The molecule has 1 aromatic carbocycles. The van der Waals surface area contributed by atoms with Crippen molar-refractivity contribution in [2.24, 2.45) is 5.14 Å². The maximum Gasteiger partial charge on any atom is 0.258 e. The summed E-state index contributed by atoms with van der Waals surface area (Å²) in [6.45, 7) is 0. The molecule has 100 valence electrons. The van der Waals surface area contributed by atoms with Crippen molar-refractivity contribution in [3.8, 4) is 0 Å². The minimum Gasteiger partial charge on any atom is -0.472 e. The number of sulfonamides is 1. The van der Waals surface area contributed by atoms with E-state index in [0.717, 1.165) is 18.2 Å². The Morgan fingerprint density at radius 3 is 2.58 bits per heavy atom. The van der Waals surface area contributed by atoms with E-state index in [4.69, 9.17) is 9.56 Å². The monoisotopic (exact) mass is 284 g/mol. The van der Waals surface area contributed by atoms with E-state index in [9.17, 15) is 17.6 Å². The molecule has 3 N–H and O–H groups in total. The van der Waals surface area contributed by atoms with Crippen LogP contribution in [0, 0.1) is 5.82 Å². The number of amides is 1. The van der Waals surface area contributed by atoms with Gasteiger partial charge in [-0.25, -0.2) is 17.9 Å². The van der Waals surface area contributed by atoms with Crippen molar-refractivity contribution in [1.82, 2.24) is 0 Å². The highest BCUT2D eigenvalue weighted by Gasteiger charge is 2.14. The van der Waals surface area contributed by atoms with Crippen molar-refractivity contribution < 1.29 is 22.0 Å². The molecule has 0 saturated heterocycles. The number of hydrogen-bond acceptors (Lipinski definition) is 4. The second-order valence-electron chi connectivity index (χ2n) is 3.65. The third-order valence-electron chi connectivity index (χ3n) is 2.30. The zero-order valence-electron chi connectivity index (χ0n) is 9.46. The molecule has 0 aliphatic rings. The first-order valence-electron chi connectivity index (χ1n) is 5.04. The van der Waals surface area contributed by atoms with Crippen LogP contribution in [-0.2, 0) is 10.0 Å². The van der Waals surface area contributed by atoms with Crippen LogP contribution >= 0.6 is 0 Å². The number of furan rings is 1. The molecule has 2 rings (SSSR count). The first-order chi connectivity index (χ1) is 8.88. The van der Waals surface area contributed by atoms with Crippen LogP contribution in [-0.4, -0.2) is 14.3 Å². The fourth-order valence-electron chi connectivity index (χ4n) is 1.36. The molecule has 1 amide bonds. The summed E-state index contributed by atoms with van der Waals surface area (Å²) in [5.41, 5.74) is 0.0634. The highest BCUT2D eigenvalue weighted by Crippen LogP contribution is 2.19. The van der Waals surface area contributed by atoms with E-state index in [1.807, 2.05) is 0 Å². The number of carbonyl (C=O) groups is 1. The van der Waals surface area contributed by atoms with Crippen molar-refractivity contribution in [2.75, 3.05) is 5.32 Å². The van der Waals surface area contributed by atoms with E-state index < -0.39 is 21.7 Å². The molecule has 0 radical (unpaired) electrons. The quantitative estimate of drug-likeness (QED) is 0.887. The van der Waals surface area contributed by atoms with Crippen LogP contribution in [0.5, 0.6) is 0 Å². The van der Waals surface area contributed by atoms with Gasteiger partial charge in [-0.2, -0.15) is 0 Å². The van der Waals surface area contributed by atoms with Crippen molar-refractivity contribution >= 4 is 21.6 Å². The van der Waals surface area contributed by atoms with Crippen LogP contribution in [0.15, 0.2) is 46.1 Å². The van der Waals surface area contributed by atoms with Gasteiger partial charge < -0.3 is 9.73 Å². The molecule has 8 heteroatoms. The van der Waals surface area contributed by atoms with Crippen LogP contribution in [0.2, 0.25) is 0 Å². The van der Waals surface area contributed by atoms with E-state index in [1.54, 1.807) is 0 Å². The lowest BCUT2D eigenvalue weighted by molar-refractivity contribution is 0.102. The maximum absolute atomic E-state index is 13.6. The molecule has 0 unspecified atom stereocenters. The SMILES string of the molecule is NS(=O)(=O)c1ccc(NC(=O)c2ccoc2)c(F)c1. The number of halogens is 1. The third kappa shape index (κ3) is 2.98. The Morgan fingerprint density at radius 2 is 2.05 bits per heavy atom. The van der Waals surface area contributed by atoms with Crippen molar-refractivity contribution in [3.63, 3.8) is 0 Å². The first kappa shape index (κ1) is 13.2. The number of primary sulfonamides is 1. The molecule has 0 bridgehead atoms. The van der Waals surface area contributed by atoms with Gasteiger partial charge in [-0.15, -0.1) is 0 Å². The van der Waals surface area contributed by atoms with Gasteiger partial charge in [0, 0.05) is 0 Å². The molecule has 0 fully saturated rings. The Hall–Kier alpha value is -2.19. The summed E-state index contributed by atoms with van der Waals surface area (Å²) in [6, 6.07) is 4.36. The predicted octanol–water partition coefficient (Wildman–Crippen LogP) is 1.32. The van der Waals surface area contributed by atoms with Crippen LogP contribution in [0.1, 0.15) is 10.4 Å². The summed E-state index contributed by atoms with van der Waals surface area (Å²) in [7, 11) is -3.98. The first-order valence-corrected chi connectivity index (χ1v) is 6.58. The zero-order valence-corrected chi connectivity index (χ0v) is 10.3. The molecule has 19 heavy (non-hydrogen) atoms. The zero-order chi connectivity index (χ0) is 14.0. The maximum atomic E-state index is 13.6. The van der Waals surface area contributed by atoms with Crippen LogP contribution in [0.4, 0.5) is 10.1 Å². The molecule has 0 aliphatic heterocycles. The number of rotatable bonds is 3. The molecule has 0 saturated carbocycles. The van der Waals surface area contributed by atoms with Gasteiger partial charge in [-0.3, -0.25) is 4.79 Å². The second kappa shape index (κ2) is 4.82. The lowest BCUT2D eigenvalue weighted by Gasteiger charge is -2.06. The normalized spacial score (nSPS) is 11.3. The number of carbonyl (C=O) groups excluding carboxylic acids is 1. The van der Waals surface area contributed by atoms with Crippen LogP contribution in [0.3, 0.4) is 0 Å². The van der Waals surface area contributed by atoms with Gasteiger partial charge >= 0.3 is 0 Å². The fourth-order valence-corrected chi connectivity index (χ4v) is 1.89. The summed E-state index contributed by atoms with van der Waals surface area (Å²) in [5, 5.41) is 7.14. The fraction of sp³-hybridized carbons (Fsp3) is 0. The lowest BCUT2D eigenvalue weighted by Crippen LogP contribution is -2.15. The Bertz CT molecular complexity index is 710.